The highest BCUT2D eigenvalue weighted by atomic mass is 16.8. The lowest BCUT2D eigenvalue weighted by Crippen LogP contribution is -2.45. The van der Waals surface area contributed by atoms with Crippen molar-refractivity contribution in [2.24, 2.45) is 0 Å². The molecule has 0 spiro atoms. The zero-order valence-electron chi connectivity index (χ0n) is 14.5. The molecule has 1 saturated carbocycles. The summed E-state index contributed by atoms with van der Waals surface area (Å²) in [6, 6.07) is 9.11. The van der Waals surface area contributed by atoms with Gasteiger partial charge in [0.2, 0.25) is 0 Å². The molecule has 0 radical (unpaired) electrons. The van der Waals surface area contributed by atoms with Crippen molar-refractivity contribution in [3.8, 4) is 0 Å². The summed E-state index contributed by atoms with van der Waals surface area (Å²) in [4.78, 5) is 13.3. The van der Waals surface area contributed by atoms with E-state index >= 15 is 0 Å². The molecule has 1 aromatic carbocycles. The Morgan fingerprint density at radius 3 is 2.60 bits per heavy atom. The second kappa shape index (κ2) is 7.29. The minimum Gasteiger partial charge on any atom is -0.465 e. The Morgan fingerprint density at radius 1 is 1.28 bits per heavy atom. The quantitative estimate of drug-likeness (QED) is 0.813. The van der Waals surface area contributed by atoms with Gasteiger partial charge in [0, 0.05) is 6.54 Å². The van der Waals surface area contributed by atoms with Gasteiger partial charge in [-0.1, -0.05) is 30.3 Å². The minimum absolute atomic E-state index is 0.0878. The van der Waals surface area contributed by atoms with Crippen LogP contribution in [0.1, 0.15) is 25.8 Å². The van der Waals surface area contributed by atoms with Gasteiger partial charge in [-0.3, -0.25) is 4.90 Å². The van der Waals surface area contributed by atoms with Gasteiger partial charge >= 0.3 is 6.09 Å². The fourth-order valence-electron chi connectivity index (χ4n) is 3.69. The molecule has 1 aliphatic carbocycles. The summed E-state index contributed by atoms with van der Waals surface area (Å²) in [5.41, 5.74) is 0.916. The van der Waals surface area contributed by atoms with Crippen molar-refractivity contribution in [2.45, 2.75) is 57.0 Å². The second-order valence-electron chi connectivity index (χ2n) is 6.90. The number of ether oxygens (including phenoxy) is 3. The molecule has 2 aliphatic rings. The van der Waals surface area contributed by atoms with Crippen molar-refractivity contribution in [3.63, 3.8) is 0 Å². The fourth-order valence-corrected chi connectivity index (χ4v) is 3.69. The van der Waals surface area contributed by atoms with Gasteiger partial charge in [0.1, 0.15) is 12.2 Å². The Balaban J connectivity index is 1.81. The molecule has 2 N–H and O–H groups in total. The summed E-state index contributed by atoms with van der Waals surface area (Å²) in [6.07, 6.45) is -1.56. The molecule has 1 saturated heterocycles. The molecule has 0 aromatic heterocycles. The van der Waals surface area contributed by atoms with Crippen LogP contribution in [-0.2, 0) is 20.8 Å². The first kappa shape index (κ1) is 18.1. The van der Waals surface area contributed by atoms with Gasteiger partial charge in [-0.2, -0.15) is 0 Å². The van der Waals surface area contributed by atoms with Gasteiger partial charge in [0.25, 0.3) is 0 Å². The highest BCUT2D eigenvalue weighted by Gasteiger charge is 2.56. The molecule has 0 bridgehead atoms. The average molecular weight is 351 g/mol. The van der Waals surface area contributed by atoms with E-state index in [1.165, 1.54) is 4.90 Å². The van der Waals surface area contributed by atoms with Crippen LogP contribution in [0.5, 0.6) is 0 Å². The first-order valence-corrected chi connectivity index (χ1v) is 8.53. The molecule has 1 aromatic rings. The Morgan fingerprint density at radius 2 is 1.96 bits per heavy atom. The van der Waals surface area contributed by atoms with Crippen LogP contribution >= 0.6 is 0 Å². The third-order valence-electron chi connectivity index (χ3n) is 4.65. The van der Waals surface area contributed by atoms with Crippen LogP contribution in [0.15, 0.2) is 30.3 Å². The van der Waals surface area contributed by atoms with Gasteiger partial charge in [-0.05, 0) is 25.8 Å². The summed E-state index contributed by atoms with van der Waals surface area (Å²) in [5, 5.41) is 18.8. The monoisotopic (exact) mass is 351 g/mol. The Labute approximate surface area is 147 Å². The van der Waals surface area contributed by atoms with E-state index in [0.717, 1.165) is 5.56 Å². The molecule has 25 heavy (non-hydrogen) atoms. The molecule has 4 atom stereocenters. The Kier molecular flexibility index (Phi) is 5.29. The molecule has 7 nitrogen and oxygen atoms in total. The highest BCUT2D eigenvalue weighted by molar-refractivity contribution is 5.65. The second-order valence-corrected chi connectivity index (χ2v) is 6.90. The molecule has 2 fully saturated rings. The summed E-state index contributed by atoms with van der Waals surface area (Å²) >= 11 is 0. The van der Waals surface area contributed by atoms with E-state index in [1.807, 2.05) is 44.2 Å². The van der Waals surface area contributed by atoms with Crippen molar-refractivity contribution in [1.82, 2.24) is 4.90 Å². The standard InChI is InChI=1S/C18H25NO6/c1-18(2)24-15-13(10-14(16(15)25-18)23-9-8-20)19(17(21)22)11-12-6-4-3-5-7-12/h3-7,13-16,20H,8-11H2,1-2H3,(H,21,22)/t13-,14+,15+,16-/m1/s1. The van der Waals surface area contributed by atoms with Crippen LogP contribution < -0.4 is 0 Å². The zero-order chi connectivity index (χ0) is 18.0. The molecule has 138 valence electrons. The number of nitrogens with zero attached hydrogens (tertiary/aromatic N) is 1. The number of aliphatic hydroxyl groups is 1. The lowest BCUT2D eigenvalue weighted by Gasteiger charge is -2.31. The summed E-state index contributed by atoms with van der Waals surface area (Å²) < 4.78 is 17.6. The van der Waals surface area contributed by atoms with Crippen LogP contribution in [-0.4, -0.2) is 64.6 Å². The number of fused-ring (bicyclic) bond motifs is 1. The lowest BCUT2D eigenvalue weighted by atomic mass is 10.1. The van der Waals surface area contributed by atoms with E-state index in [0.29, 0.717) is 6.42 Å². The van der Waals surface area contributed by atoms with Crippen LogP contribution in [0.2, 0.25) is 0 Å². The Hall–Kier alpha value is -1.67. The number of amides is 1. The molecule has 0 unspecified atom stereocenters. The number of hydrogen-bond acceptors (Lipinski definition) is 5. The average Bonchev–Trinajstić information content (AvgIpc) is 3.05. The van der Waals surface area contributed by atoms with E-state index in [9.17, 15) is 9.90 Å². The van der Waals surface area contributed by atoms with Crippen molar-refractivity contribution in [1.29, 1.82) is 0 Å². The summed E-state index contributed by atoms with van der Waals surface area (Å²) in [7, 11) is 0. The lowest BCUT2D eigenvalue weighted by molar-refractivity contribution is -0.172. The molecule has 7 heteroatoms. The topological polar surface area (TPSA) is 88.5 Å². The largest absolute Gasteiger partial charge is 0.465 e. The van der Waals surface area contributed by atoms with E-state index in [2.05, 4.69) is 0 Å². The molecular weight excluding hydrogens is 326 g/mol. The third kappa shape index (κ3) is 3.95. The molecule has 3 rings (SSSR count). The van der Waals surface area contributed by atoms with Gasteiger partial charge < -0.3 is 24.4 Å². The summed E-state index contributed by atoms with van der Waals surface area (Å²) in [5.74, 6) is -0.786. The normalized spacial score (nSPS) is 30.2. The SMILES string of the molecule is CC1(C)O[C@@H]2[C@H](O1)[C@@H](OCCO)C[C@H]2N(Cc1ccccc1)C(=O)O. The van der Waals surface area contributed by atoms with Crippen LogP contribution in [0, 0.1) is 0 Å². The predicted octanol–water partition coefficient (Wildman–Crippen LogP) is 1.84. The van der Waals surface area contributed by atoms with Crippen molar-refractivity contribution >= 4 is 6.09 Å². The molecule has 1 aliphatic heterocycles. The smallest absolute Gasteiger partial charge is 0.407 e. The maximum absolute atomic E-state index is 11.9. The highest BCUT2D eigenvalue weighted by Crippen LogP contribution is 2.42. The number of carboxylic acid groups (broad SMARTS) is 1. The number of hydrogen-bond donors (Lipinski definition) is 2. The molecule has 1 heterocycles. The van der Waals surface area contributed by atoms with Gasteiger partial charge in [0.15, 0.2) is 5.79 Å². The van der Waals surface area contributed by atoms with E-state index < -0.39 is 18.0 Å². The van der Waals surface area contributed by atoms with Crippen molar-refractivity contribution in [2.75, 3.05) is 13.2 Å². The first-order valence-electron chi connectivity index (χ1n) is 8.53. The number of benzene rings is 1. The minimum atomic E-state index is -0.997. The van der Waals surface area contributed by atoms with Gasteiger partial charge in [-0.15, -0.1) is 0 Å². The van der Waals surface area contributed by atoms with Crippen LogP contribution in [0.25, 0.3) is 0 Å². The van der Waals surface area contributed by atoms with Crippen molar-refractivity contribution < 1.29 is 29.2 Å². The molecular formula is C18H25NO6. The van der Waals surface area contributed by atoms with Crippen LogP contribution in [0.4, 0.5) is 4.79 Å². The number of carbonyl (C=O) groups is 1. The van der Waals surface area contributed by atoms with E-state index in [1.54, 1.807) is 0 Å². The third-order valence-corrected chi connectivity index (χ3v) is 4.65. The van der Waals surface area contributed by atoms with Gasteiger partial charge in [-0.25, -0.2) is 4.79 Å². The first-order chi connectivity index (χ1) is 11.9. The number of aliphatic hydroxyl groups excluding tert-OH is 1. The maximum Gasteiger partial charge on any atom is 0.407 e. The Bertz CT molecular complexity index is 592. The van der Waals surface area contributed by atoms with E-state index in [4.69, 9.17) is 19.3 Å². The number of rotatable bonds is 6. The fraction of sp³-hybridized carbons (Fsp3) is 0.611. The molecule has 1 amide bonds. The summed E-state index contributed by atoms with van der Waals surface area (Å²) in [6.45, 7) is 4.01. The predicted molar refractivity (Wildman–Crippen MR) is 89.1 cm³/mol. The zero-order valence-corrected chi connectivity index (χ0v) is 14.5. The van der Waals surface area contributed by atoms with Crippen molar-refractivity contribution in [3.05, 3.63) is 35.9 Å². The van der Waals surface area contributed by atoms with E-state index in [-0.39, 0.29) is 38.0 Å². The van der Waals surface area contributed by atoms with Gasteiger partial charge in [0.05, 0.1) is 25.4 Å². The van der Waals surface area contributed by atoms with Crippen LogP contribution in [0.3, 0.4) is 0 Å². The maximum atomic E-state index is 11.9.